The van der Waals surface area contributed by atoms with Crippen LogP contribution in [-0.4, -0.2) is 32.1 Å². The SMILES string of the molecule is CCC(C(=O)N1CCc2nc(N)sc2C1)n1cccn1. The third kappa shape index (κ3) is 2.29. The standard InChI is InChI=1S/C13H17N5OS/c1-2-10(18-6-3-5-15-18)12(19)17-7-4-9-11(8-17)20-13(14)16-9/h3,5-6,10H,2,4,7-8H2,1H3,(H2,14,16). The highest BCUT2D eigenvalue weighted by Gasteiger charge is 2.29. The number of anilines is 1. The van der Waals surface area contributed by atoms with Crippen molar-refractivity contribution in [2.45, 2.75) is 32.4 Å². The van der Waals surface area contributed by atoms with Crippen LogP contribution >= 0.6 is 11.3 Å². The van der Waals surface area contributed by atoms with Crippen LogP contribution in [0.5, 0.6) is 0 Å². The van der Waals surface area contributed by atoms with Crippen LogP contribution in [0.1, 0.15) is 30.0 Å². The number of thiazole rings is 1. The van der Waals surface area contributed by atoms with Gasteiger partial charge in [0.1, 0.15) is 6.04 Å². The van der Waals surface area contributed by atoms with Crippen molar-refractivity contribution in [3.63, 3.8) is 0 Å². The van der Waals surface area contributed by atoms with Crippen LogP contribution in [0.4, 0.5) is 5.13 Å². The first-order valence-corrected chi connectivity index (χ1v) is 7.52. The van der Waals surface area contributed by atoms with Gasteiger partial charge in [-0.15, -0.1) is 11.3 Å². The van der Waals surface area contributed by atoms with Crippen LogP contribution in [-0.2, 0) is 17.8 Å². The van der Waals surface area contributed by atoms with Crippen LogP contribution in [0.25, 0.3) is 0 Å². The summed E-state index contributed by atoms with van der Waals surface area (Å²) in [6.45, 7) is 3.32. The normalized spacial score (nSPS) is 15.9. The highest BCUT2D eigenvalue weighted by Crippen LogP contribution is 2.28. The Morgan fingerprint density at radius 1 is 1.60 bits per heavy atom. The van der Waals surface area contributed by atoms with E-state index >= 15 is 0 Å². The molecule has 106 valence electrons. The first-order chi connectivity index (χ1) is 9.69. The number of hydrogen-bond acceptors (Lipinski definition) is 5. The van der Waals surface area contributed by atoms with E-state index in [1.807, 2.05) is 24.1 Å². The summed E-state index contributed by atoms with van der Waals surface area (Å²) in [4.78, 5) is 20.0. The predicted octanol–water partition coefficient (Wildman–Crippen LogP) is 1.46. The van der Waals surface area contributed by atoms with Gasteiger partial charge < -0.3 is 10.6 Å². The van der Waals surface area contributed by atoms with Crippen molar-refractivity contribution < 1.29 is 4.79 Å². The molecular formula is C13H17N5OS. The van der Waals surface area contributed by atoms with E-state index < -0.39 is 0 Å². The van der Waals surface area contributed by atoms with Gasteiger partial charge in [0.2, 0.25) is 5.91 Å². The largest absolute Gasteiger partial charge is 0.375 e. The van der Waals surface area contributed by atoms with Crippen LogP contribution in [0.3, 0.4) is 0 Å². The summed E-state index contributed by atoms with van der Waals surface area (Å²) in [5.41, 5.74) is 6.78. The molecule has 20 heavy (non-hydrogen) atoms. The third-order valence-corrected chi connectivity index (χ3v) is 4.49. The lowest BCUT2D eigenvalue weighted by atomic mass is 10.1. The summed E-state index contributed by atoms with van der Waals surface area (Å²) in [5.74, 6) is 0.119. The molecule has 1 aliphatic rings. The van der Waals surface area contributed by atoms with Crippen molar-refractivity contribution in [2.24, 2.45) is 0 Å². The minimum Gasteiger partial charge on any atom is -0.375 e. The second kappa shape index (κ2) is 5.24. The average Bonchev–Trinajstić information content (AvgIpc) is 3.06. The van der Waals surface area contributed by atoms with E-state index in [0.29, 0.717) is 18.2 Å². The number of fused-ring (bicyclic) bond motifs is 1. The quantitative estimate of drug-likeness (QED) is 0.928. The molecule has 0 fully saturated rings. The lowest BCUT2D eigenvalue weighted by Crippen LogP contribution is -2.40. The van der Waals surface area contributed by atoms with E-state index in [1.54, 1.807) is 10.9 Å². The molecule has 6 nitrogen and oxygen atoms in total. The van der Waals surface area contributed by atoms with E-state index in [4.69, 9.17) is 5.73 Å². The van der Waals surface area contributed by atoms with Crippen LogP contribution in [0.2, 0.25) is 0 Å². The van der Waals surface area contributed by atoms with E-state index in [-0.39, 0.29) is 11.9 Å². The summed E-state index contributed by atoms with van der Waals surface area (Å²) in [5, 5.41) is 4.78. The van der Waals surface area contributed by atoms with Crippen LogP contribution in [0.15, 0.2) is 18.5 Å². The predicted molar refractivity (Wildman–Crippen MR) is 77.2 cm³/mol. The number of carbonyl (C=O) groups is 1. The monoisotopic (exact) mass is 291 g/mol. The summed E-state index contributed by atoms with van der Waals surface area (Å²) in [7, 11) is 0. The van der Waals surface area contributed by atoms with Gasteiger partial charge in [0.25, 0.3) is 0 Å². The van der Waals surface area contributed by atoms with Gasteiger partial charge in [0.15, 0.2) is 5.13 Å². The van der Waals surface area contributed by atoms with Gasteiger partial charge in [-0.1, -0.05) is 6.92 Å². The molecule has 0 aliphatic carbocycles. The molecule has 1 amide bonds. The topological polar surface area (TPSA) is 77.0 Å². The van der Waals surface area contributed by atoms with Gasteiger partial charge in [-0.25, -0.2) is 4.98 Å². The third-order valence-electron chi connectivity index (χ3n) is 3.58. The zero-order chi connectivity index (χ0) is 14.1. The molecule has 3 heterocycles. The molecule has 3 rings (SSSR count). The maximum absolute atomic E-state index is 12.7. The zero-order valence-corrected chi connectivity index (χ0v) is 12.1. The Morgan fingerprint density at radius 2 is 2.45 bits per heavy atom. The van der Waals surface area contributed by atoms with Crippen LogP contribution in [0, 0.1) is 0 Å². The Balaban J connectivity index is 1.78. The number of rotatable bonds is 3. The Hall–Kier alpha value is -1.89. The van der Waals surface area contributed by atoms with Crippen molar-refractivity contribution in [1.29, 1.82) is 0 Å². The Morgan fingerprint density at radius 3 is 3.15 bits per heavy atom. The number of nitrogen functional groups attached to an aromatic ring is 1. The number of nitrogens with two attached hydrogens (primary N) is 1. The van der Waals surface area contributed by atoms with Crippen molar-refractivity contribution in [1.82, 2.24) is 19.7 Å². The Bertz CT molecular complexity index is 606. The number of amides is 1. The van der Waals surface area contributed by atoms with E-state index in [1.165, 1.54) is 11.3 Å². The number of carbonyl (C=O) groups excluding carboxylic acids is 1. The summed E-state index contributed by atoms with van der Waals surface area (Å²) in [6, 6.07) is 1.62. The molecular weight excluding hydrogens is 274 g/mol. The first kappa shape index (κ1) is 13.1. The summed E-state index contributed by atoms with van der Waals surface area (Å²) < 4.78 is 1.74. The summed E-state index contributed by atoms with van der Waals surface area (Å²) in [6.07, 6.45) is 5.05. The minimum absolute atomic E-state index is 0.119. The molecule has 0 spiro atoms. The fourth-order valence-electron chi connectivity index (χ4n) is 2.55. The second-order valence-corrected chi connectivity index (χ2v) is 5.96. The molecule has 2 aromatic rings. The second-order valence-electron chi connectivity index (χ2n) is 4.84. The molecule has 1 aliphatic heterocycles. The molecule has 0 aromatic carbocycles. The van der Waals surface area contributed by atoms with Gasteiger partial charge in [-0.3, -0.25) is 9.48 Å². The maximum atomic E-state index is 12.7. The summed E-state index contributed by atoms with van der Waals surface area (Å²) >= 11 is 1.48. The highest BCUT2D eigenvalue weighted by atomic mass is 32.1. The van der Waals surface area contributed by atoms with Gasteiger partial charge in [-0.2, -0.15) is 5.10 Å². The van der Waals surface area contributed by atoms with Gasteiger partial charge in [0.05, 0.1) is 12.2 Å². The van der Waals surface area contributed by atoms with Crippen molar-refractivity contribution in [3.05, 3.63) is 29.0 Å². The van der Waals surface area contributed by atoms with E-state index in [0.717, 1.165) is 23.4 Å². The van der Waals surface area contributed by atoms with Gasteiger partial charge in [0, 0.05) is 30.2 Å². The maximum Gasteiger partial charge on any atom is 0.247 e. The number of hydrogen-bond donors (Lipinski definition) is 1. The Kier molecular flexibility index (Phi) is 3.43. The number of aromatic nitrogens is 3. The minimum atomic E-state index is -0.225. The number of nitrogens with zero attached hydrogens (tertiary/aromatic N) is 4. The fraction of sp³-hybridized carbons (Fsp3) is 0.462. The Labute approximate surface area is 121 Å². The molecule has 2 aromatic heterocycles. The zero-order valence-electron chi connectivity index (χ0n) is 11.3. The van der Waals surface area contributed by atoms with Crippen LogP contribution < -0.4 is 5.73 Å². The molecule has 0 saturated heterocycles. The average molecular weight is 291 g/mol. The molecule has 1 unspecified atom stereocenters. The van der Waals surface area contributed by atoms with Crippen molar-refractivity contribution in [2.75, 3.05) is 12.3 Å². The van der Waals surface area contributed by atoms with E-state index in [9.17, 15) is 4.79 Å². The molecule has 1 atom stereocenters. The smallest absolute Gasteiger partial charge is 0.247 e. The van der Waals surface area contributed by atoms with Gasteiger partial charge >= 0.3 is 0 Å². The first-order valence-electron chi connectivity index (χ1n) is 6.71. The fourth-order valence-corrected chi connectivity index (χ4v) is 3.45. The molecule has 0 bridgehead atoms. The lowest BCUT2D eigenvalue weighted by Gasteiger charge is -2.29. The molecule has 0 radical (unpaired) electrons. The molecule has 0 saturated carbocycles. The lowest BCUT2D eigenvalue weighted by molar-refractivity contribution is -0.136. The molecule has 7 heteroatoms. The van der Waals surface area contributed by atoms with E-state index in [2.05, 4.69) is 10.1 Å². The van der Waals surface area contributed by atoms with Crippen molar-refractivity contribution >= 4 is 22.4 Å². The molecule has 2 N–H and O–H groups in total. The van der Waals surface area contributed by atoms with Crippen molar-refractivity contribution in [3.8, 4) is 0 Å². The highest BCUT2D eigenvalue weighted by molar-refractivity contribution is 7.15. The van der Waals surface area contributed by atoms with Gasteiger partial charge in [-0.05, 0) is 12.5 Å².